The number of amides is 2. The summed E-state index contributed by atoms with van der Waals surface area (Å²) in [4.78, 5) is 30.1. The molecule has 0 saturated heterocycles. The van der Waals surface area contributed by atoms with Gasteiger partial charge in [0.1, 0.15) is 5.69 Å². The number of carbonyl (C=O) groups is 2. The molecule has 0 spiro atoms. The van der Waals surface area contributed by atoms with Crippen LogP contribution in [0.4, 0.5) is 14.5 Å². The Morgan fingerprint density at radius 3 is 2.52 bits per heavy atom. The molecule has 1 aromatic heterocycles. The Morgan fingerprint density at radius 2 is 1.84 bits per heavy atom. The van der Waals surface area contributed by atoms with Crippen LogP contribution in [-0.4, -0.2) is 48.9 Å². The number of likely N-dealkylation sites (N-methyl/N-ethyl adjacent to an activating group) is 1. The molecule has 2 rings (SSSR count). The maximum absolute atomic E-state index is 13.2. The van der Waals surface area contributed by atoms with Gasteiger partial charge in [-0.1, -0.05) is 0 Å². The van der Waals surface area contributed by atoms with Crippen LogP contribution in [0.25, 0.3) is 0 Å². The Kier molecular flexibility index (Phi) is 6.13. The number of anilines is 1. The summed E-state index contributed by atoms with van der Waals surface area (Å²) in [6.07, 6.45) is 1.33. The zero-order chi connectivity index (χ0) is 18.4. The van der Waals surface area contributed by atoms with Crippen molar-refractivity contribution in [3.05, 3.63) is 59.4 Å². The van der Waals surface area contributed by atoms with E-state index in [0.29, 0.717) is 13.1 Å². The van der Waals surface area contributed by atoms with E-state index in [2.05, 4.69) is 15.6 Å². The first-order valence-corrected chi connectivity index (χ1v) is 7.52. The van der Waals surface area contributed by atoms with E-state index in [4.69, 9.17) is 0 Å². The molecule has 1 heterocycles. The van der Waals surface area contributed by atoms with Gasteiger partial charge < -0.3 is 15.5 Å². The highest BCUT2D eigenvalue weighted by Gasteiger charge is 2.13. The van der Waals surface area contributed by atoms with E-state index in [1.54, 1.807) is 0 Å². The molecule has 0 fully saturated rings. The van der Waals surface area contributed by atoms with Crippen molar-refractivity contribution in [1.82, 2.24) is 15.2 Å². The molecule has 0 aliphatic carbocycles. The topological polar surface area (TPSA) is 74.3 Å². The number of hydrogen-bond acceptors (Lipinski definition) is 4. The molecule has 0 aliphatic rings. The lowest BCUT2D eigenvalue weighted by atomic mass is 10.2. The molecule has 0 radical (unpaired) electrons. The van der Waals surface area contributed by atoms with E-state index in [0.717, 1.165) is 12.1 Å². The maximum atomic E-state index is 13.2. The number of nitrogens with zero attached hydrogens (tertiary/aromatic N) is 2. The highest BCUT2D eigenvalue weighted by Crippen LogP contribution is 2.14. The quantitative estimate of drug-likeness (QED) is 0.836. The molecular weight excluding hydrogens is 330 g/mol. The lowest BCUT2D eigenvalue weighted by molar-refractivity contribution is 0.0946. The molecule has 0 unspecified atom stereocenters. The molecule has 25 heavy (non-hydrogen) atoms. The van der Waals surface area contributed by atoms with Crippen LogP contribution < -0.4 is 10.6 Å². The fraction of sp³-hybridized carbons (Fsp3) is 0.235. The molecule has 6 nitrogen and oxygen atoms in total. The van der Waals surface area contributed by atoms with Crippen LogP contribution in [0.15, 0.2) is 36.5 Å². The largest absolute Gasteiger partial charge is 0.349 e. The van der Waals surface area contributed by atoms with Crippen LogP contribution in [0.3, 0.4) is 0 Å². The summed E-state index contributed by atoms with van der Waals surface area (Å²) in [6.45, 7) is 1.11. The number of nitrogens with one attached hydrogen (secondary N) is 2. The van der Waals surface area contributed by atoms with Gasteiger partial charge in [0.25, 0.3) is 11.8 Å². The molecule has 2 N–H and O–H groups in total. The Bertz CT molecular complexity index is 781. The third-order valence-electron chi connectivity index (χ3n) is 3.28. The zero-order valence-corrected chi connectivity index (χ0v) is 13.8. The minimum atomic E-state index is -1.06. The van der Waals surface area contributed by atoms with Gasteiger partial charge >= 0.3 is 0 Å². The third-order valence-corrected chi connectivity index (χ3v) is 3.28. The summed E-state index contributed by atoms with van der Waals surface area (Å²) < 4.78 is 26.1. The number of carbonyl (C=O) groups excluding carboxylic acids is 2. The number of aromatic nitrogens is 1. The molecule has 0 aliphatic heterocycles. The van der Waals surface area contributed by atoms with Crippen LogP contribution in [0.1, 0.15) is 20.8 Å². The van der Waals surface area contributed by atoms with Gasteiger partial charge in [-0.05, 0) is 38.4 Å². The molecule has 1 aromatic carbocycles. The number of rotatable bonds is 6. The molecule has 0 bridgehead atoms. The Labute approximate surface area is 143 Å². The number of hydrogen-bond donors (Lipinski definition) is 2. The van der Waals surface area contributed by atoms with Crippen molar-refractivity contribution in [1.29, 1.82) is 0 Å². The summed E-state index contributed by atoms with van der Waals surface area (Å²) in [6, 6.07) is 5.79. The van der Waals surface area contributed by atoms with Crippen molar-refractivity contribution >= 4 is 17.5 Å². The molecule has 2 aromatic rings. The zero-order valence-electron chi connectivity index (χ0n) is 13.8. The monoisotopic (exact) mass is 348 g/mol. The first kappa shape index (κ1) is 18.5. The Hall–Kier alpha value is -2.87. The van der Waals surface area contributed by atoms with E-state index < -0.39 is 23.4 Å². The second-order valence-electron chi connectivity index (χ2n) is 5.57. The molecule has 8 heteroatoms. The number of benzene rings is 1. The van der Waals surface area contributed by atoms with Gasteiger partial charge in [-0.25, -0.2) is 8.78 Å². The van der Waals surface area contributed by atoms with E-state index in [1.807, 2.05) is 19.0 Å². The summed E-state index contributed by atoms with van der Waals surface area (Å²) in [5.41, 5.74) is 0.381. The van der Waals surface area contributed by atoms with E-state index in [9.17, 15) is 18.4 Å². The molecule has 2 amide bonds. The van der Waals surface area contributed by atoms with Gasteiger partial charge in [-0.3, -0.25) is 14.6 Å². The van der Waals surface area contributed by atoms with Crippen molar-refractivity contribution in [2.75, 3.05) is 32.5 Å². The van der Waals surface area contributed by atoms with Gasteiger partial charge in [0, 0.05) is 36.6 Å². The SMILES string of the molecule is CN(C)CCNC(=O)c1cc(C(=O)Nc2ccc(F)c(F)c2)ccn1. The van der Waals surface area contributed by atoms with Gasteiger partial charge in [-0.15, -0.1) is 0 Å². The summed E-state index contributed by atoms with van der Waals surface area (Å²) >= 11 is 0. The second kappa shape index (κ2) is 8.29. The van der Waals surface area contributed by atoms with Crippen molar-refractivity contribution < 1.29 is 18.4 Å². The van der Waals surface area contributed by atoms with Crippen molar-refractivity contribution in [2.24, 2.45) is 0 Å². The van der Waals surface area contributed by atoms with E-state index in [1.165, 1.54) is 24.4 Å². The molecule has 0 atom stereocenters. The normalized spacial score (nSPS) is 10.6. The lowest BCUT2D eigenvalue weighted by Crippen LogP contribution is -2.32. The van der Waals surface area contributed by atoms with Gasteiger partial charge in [-0.2, -0.15) is 0 Å². The van der Waals surface area contributed by atoms with Crippen molar-refractivity contribution in [3.63, 3.8) is 0 Å². The average molecular weight is 348 g/mol. The number of halogens is 2. The predicted octanol–water partition coefficient (Wildman–Crippen LogP) is 1.90. The Balaban J connectivity index is 2.05. The minimum Gasteiger partial charge on any atom is -0.349 e. The summed E-state index contributed by atoms with van der Waals surface area (Å²) in [7, 11) is 3.77. The maximum Gasteiger partial charge on any atom is 0.269 e. The molecule has 0 saturated carbocycles. The summed E-state index contributed by atoms with van der Waals surface area (Å²) in [5.74, 6) is -3.02. The van der Waals surface area contributed by atoms with Crippen LogP contribution in [0.2, 0.25) is 0 Å². The van der Waals surface area contributed by atoms with Crippen LogP contribution >= 0.6 is 0 Å². The highest BCUT2D eigenvalue weighted by molar-refractivity contribution is 6.05. The minimum absolute atomic E-state index is 0.0942. The third kappa shape index (κ3) is 5.32. The first-order valence-electron chi connectivity index (χ1n) is 7.52. The van der Waals surface area contributed by atoms with Crippen molar-refractivity contribution in [3.8, 4) is 0 Å². The van der Waals surface area contributed by atoms with Crippen LogP contribution in [0, 0.1) is 11.6 Å². The van der Waals surface area contributed by atoms with E-state index in [-0.39, 0.29) is 16.9 Å². The molecule has 132 valence electrons. The smallest absolute Gasteiger partial charge is 0.269 e. The fourth-order valence-electron chi connectivity index (χ4n) is 1.96. The van der Waals surface area contributed by atoms with Gasteiger partial charge in [0.05, 0.1) is 0 Å². The van der Waals surface area contributed by atoms with Crippen LogP contribution in [0.5, 0.6) is 0 Å². The lowest BCUT2D eigenvalue weighted by Gasteiger charge is -2.10. The van der Waals surface area contributed by atoms with Gasteiger partial charge in [0.15, 0.2) is 11.6 Å². The predicted molar refractivity (Wildman–Crippen MR) is 89.4 cm³/mol. The average Bonchev–Trinajstić information content (AvgIpc) is 2.58. The number of pyridine rings is 1. The van der Waals surface area contributed by atoms with Gasteiger partial charge in [0.2, 0.25) is 0 Å². The van der Waals surface area contributed by atoms with Crippen LogP contribution in [-0.2, 0) is 0 Å². The summed E-state index contributed by atoms with van der Waals surface area (Å²) in [5, 5.41) is 5.13. The molecular formula is C17H18F2N4O2. The standard InChI is InChI=1S/C17H18F2N4O2/c1-23(2)8-7-21-17(25)15-9-11(5-6-20-15)16(24)22-12-3-4-13(18)14(19)10-12/h3-6,9-10H,7-8H2,1-2H3,(H,21,25)(H,22,24). The highest BCUT2D eigenvalue weighted by atomic mass is 19.2. The van der Waals surface area contributed by atoms with Crippen molar-refractivity contribution in [2.45, 2.75) is 0 Å². The van der Waals surface area contributed by atoms with E-state index >= 15 is 0 Å². The first-order chi connectivity index (χ1) is 11.9. The second-order valence-corrected chi connectivity index (χ2v) is 5.57. The Morgan fingerprint density at radius 1 is 1.08 bits per heavy atom. The fourth-order valence-corrected chi connectivity index (χ4v) is 1.96.